The first kappa shape index (κ1) is 18.5. The zero-order valence-corrected chi connectivity index (χ0v) is 16.1. The minimum absolute atomic E-state index is 0.0288. The van der Waals surface area contributed by atoms with Crippen molar-refractivity contribution in [1.29, 1.82) is 0 Å². The van der Waals surface area contributed by atoms with E-state index in [0.717, 1.165) is 44.1 Å². The highest BCUT2D eigenvalue weighted by Gasteiger charge is 2.47. The molecule has 1 saturated carbocycles. The van der Waals surface area contributed by atoms with Crippen LogP contribution in [0.1, 0.15) is 66.8 Å². The Morgan fingerprint density at radius 2 is 1.86 bits per heavy atom. The van der Waals surface area contributed by atoms with Gasteiger partial charge in [0.1, 0.15) is 0 Å². The zero-order chi connectivity index (χ0) is 19.7. The van der Waals surface area contributed by atoms with Crippen molar-refractivity contribution in [1.82, 2.24) is 4.90 Å². The summed E-state index contributed by atoms with van der Waals surface area (Å²) in [6.45, 7) is 2.08. The highest BCUT2D eigenvalue weighted by Crippen LogP contribution is 2.42. The fourth-order valence-corrected chi connectivity index (χ4v) is 4.39. The maximum absolute atomic E-state index is 13.1. The number of carbonyl (C=O) groups is 2. The Bertz CT molecular complexity index is 889. The lowest BCUT2D eigenvalue weighted by Crippen LogP contribution is -2.41. The summed E-state index contributed by atoms with van der Waals surface area (Å²) < 4.78 is 5.27. The van der Waals surface area contributed by atoms with Gasteiger partial charge in [0, 0.05) is 6.04 Å². The topological polar surface area (TPSA) is 70.7 Å². The second-order valence-electron chi connectivity index (χ2n) is 7.57. The molecule has 146 valence electrons. The molecule has 1 aliphatic heterocycles. The van der Waals surface area contributed by atoms with E-state index < -0.39 is 23.5 Å². The first-order chi connectivity index (χ1) is 13.6. The van der Waals surface area contributed by atoms with E-state index in [1.165, 1.54) is 11.8 Å². The number of nitrogens with zero attached hydrogens (tertiary/aromatic N) is 1. The van der Waals surface area contributed by atoms with Gasteiger partial charge in [-0.25, -0.2) is 0 Å². The number of rotatable bonds is 5. The van der Waals surface area contributed by atoms with Crippen LogP contribution in [0.3, 0.4) is 0 Å². The molecule has 0 spiro atoms. The number of aliphatic hydroxyl groups is 1. The van der Waals surface area contributed by atoms with Crippen molar-refractivity contribution in [2.24, 2.45) is 0 Å². The second kappa shape index (κ2) is 7.66. The van der Waals surface area contributed by atoms with Crippen molar-refractivity contribution >= 4 is 11.7 Å². The lowest BCUT2D eigenvalue weighted by Gasteiger charge is -2.36. The van der Waals surface area contributed by atoms with Gasteiger partial charge in [-0.2, -0.15) is 0 Å². The number of carbonyl (C=O) groups excluding carboxylic acids is 2. The third-order valence-corrected chi connectivity index (χ3v) is 5.91. The van der Waals surface area contributed by atoms with Crippen LogP contribution >= 0.6 is 0 Å². The normalized spacial score (nSPS) is 20.8. The first-order valence-corrected chi connectivity index (χ1v) is 10.0. The summed E-state index contributed by atoms with van der Waals surface area (Å²) in [5.41, 5.74) is 2.15. The number of hydrogen-bond acceptors (Lipinski definition) is 4. The van der Waals surface area contributed by atoms with Gasteiger partial charge < -0.3 is 14.4 Å². The second-order valence-corrected chi connectivity index (χ2v) is 7.57. The van der Waals surface area contributed by atoms with E-state index in [4.69, 9.17) is 4.42 Å². The molecule has 2 heterocycles. The molecule has 0 saturated heterocycles. The van der Waals surface area contributed by atoms with E-state index >= 15 is 0 Å². The van der Waals surface area contributed by atoms with E-state index in [1.807, 2.05) is 24.3 Å². The van der Waals surface area contributed by atoms with E-state index in [-0.39, 0.29) is 17.4 Å². The smallest absolute Gasteiger partial charge is 0.290 e. The number of Topliss-reactive ketones (excluding diaryl/α,β-unsaturated/α-hetero) is 1. The van der Waals surface area contributed by atoms with E-state index in [9.17, 15) is 14.7 Å². The van der Waals surface area contributed by atoms with Crippen molar-refractivity contribution < 1.29 is 19.1 Å². The van der Waals surface area contributed by atoms with Gasteiger partial charge in [0.05, 0.1) is 17.9 Å². The predicted molar refractivity (Wildman–Crippen MR) is 105 cm³/mol. The molecule has 0 bridgehead atoms. The summed E-state index contributed by atoms with van der Waals surface area (Å²) in [7, 11) is 0. The van der Waals surface area contributed by atoms with Gasteiger partial charge in [-0.15, -0.1) is 0 Å². The molecule has 1 unspecified atom stereocenters. The van der Waals surface area contributed by atoms with Crippen LogP contribution in [0, 0.1) is 0 Å². The molecule has 1 fully saturated rings. The highest BCUT2D eigenvalue weighted by atomic mass is 16.3. The van der Waals surface area contributed by atoms with Crippen molar-refractivity contribution in [3.8, 4) is 0 Å². The van der Waals surface area contributed by atoms with Crippen LogP contribution in [0.2, 0.25) is 0 Å². The SMILES string of the molecule is CCc1ccc(C2C(C(=O)c3ccco3)=C(O)C(=O)N2C2CCCCC2)cc1. The molecule has 1 aromatic heterocycles. The summed E-state index contributed by atoms with van der Waals surface area (Å²) in [4.78, 5) is 27.9. The molecule has 1 N–H and O–H groups in total. The number of aryl methyl sites for hydroxylation is 1. The van der Waals surface area contributed by atoms with Crippen molar-refractivity contribution in [2.45, 2.75) is 57.5 Å². The predicted octanol–water partition coefficient (Wildman–Crippen LogP) is 4.75. The third-order valence-electron chi connectivity index (χ3n) is 5.91. The van der Waals surface area contributed by atoms with Crippen molar-refractivity contribution in [2.75, 3.05) is 0 Å². The average Bonchev–Trinajstić information content (AvgIpc) is 3.36. The van der Waals surface area contributed by atoms with Gasteiger partial charge in [0.15, 0.2) is 11.5 Å². The Morgan fingerprint density at radius 1 is 1.14 bits per heavy atom. The van der Waals surface area contributed by atoms with Gasteiger partial charge in [0.25, 0.3) is 5.91 Å². The fourth-order valence-electron chi connectivity index (χ4n) is 4.39. The molecule has 1 atom stereocenters. The van der Waals surface area contributed by atoms with Crippen molar-refractivity contribution in [3.63, 3.8) is 0 Å². The minimum atomic E-state index is -0.584. The molecule has 4 rings (SSSR count). The Labute approximate surface area is 164 Å². The van der Waals surface area contributed by atoms with Gasteiger partial charge in [-0.3, -0.25) is 9.59 Å². The quantitative estimate of drug-likeness (QED) is 0.761. The number of furan rings is 1. The average molecular weight is 379 g/mol. The molecular weight excluding hydrogens is 354 g/mol. The van der Waals surface area contributed by atoms with E-state index in [1.54, 1.807) is 17.0 Å². The highest BCUT2D eigenvalue weighted by molar-refractivity contribution is 6.15. The number of benzene rings is 1. The van der Waals surface area contributed by atoms with E-state index in [0.29, 0.717) is 0 Å². The zero-order valence-electron chi connectivity index (χ0n) is 16.1. The summed E-state index contributed by atoms with van der Waals surface area (Å²) in [6.07, 6.45) is 7.39. The number of aliphatic hydroxyl groups excluding tert-OH is 1. The molecule has 0 radical (unpaired) electrons. The van der Waals surface area contributed by atoms with E-state index in [2.05, 4.69) is 6.92 Å². The van der Waals surface area contributed by atoms with Gasteiger partial charge in [-0.1, -0.05) is 50.5 Å². The fraction of sp³-hybridized carbons (Fsp3) is 0.391. The van der Waals surface area contributed by atoms with Crippen LogP contribution in [0.15, 0.2) is 58.4 Å². The molecule has 2 aromatic rings. The maximum atomic E-state index is 13.1. The van der Waals surface area contributed by atoms with Crippen LogP contribution < -0.4 is 0 Å². The Balaban J connectivity index is 1.79. The lowest BCUT2D eigenvalue weighted by molar-refractivity contribution is -0.132. The number of hydrogen-bond donors (Lipinski definition) is 1. The Morgan fingerprint density at radius 3 is 2.46 bits per heavy atom. The molecular formula is C23H25NO4. The molecule has 2 aliphatic rings. The third kappa shape index (κ3) is 3.15. The molecule has 1 aromatic carbocycles. The van der Waals surface area contributed by atoms with Gasteiger partial charge in [-0.05, 0) is 42.5 Å². The summed E-state index contributed by atoms with van der Waals surface area (Å²) in [5, 5.41) is 10.7. The maximum Gasteiger partial charge on any atom is 0.290 e. The molecule has 1 amide bonds. The van der Waals surface area contributed by atoms with Gasteiger partial charge in [0.2, 0.25) is 5.78 Å². The molecule has 1 aliphatic carbocycles. The summed E-state index contributed by atoms with van der Waals surface area (Å²) in [6, 6.07) is 10.6. The van der Waals surface area contributed by atoms with Crippen LogP contribution in [-0.2, 0) is 11.2 Å². The Hall–Kier alpha value is -2.82. The van der Waals surface area contributed by atoms with Crippen LogP contribution in [0.25, 0.3) is 0 Å². The monoisotopic (exact) mass is 379 g/mol. The van der Waals surface area contributed by atoms with Crippen LogP contribution in [0.5, 0.6) is 0 Å². The largest absolute Gasteiger partial charge is 0.503 e. The van der Waals surface area contributed by atoms with Crippen molar-refractivity contribution in [3.05, 3.63) is 70.9 Å². The minimum Gasteiger partial charge on any atom is -0.503 e. The molecule has 28 heavy (non-hydrogen) atoms. The lowest BCUT2D eigenvalue weighted by atomic mass is 9.90. The standard InChI is InChI=1S/C23H25NO4/c1-2-15-10-12-16(13-11-15)20-19(21(25)18-9-6-14-28-18)22(26)23(27)24(20)17-7-4-3-5-8-17/h6,9-14,17,20,26H,2-5,7-8H2,1H3. The van der Waals surface area contributed by atoms with Gasteiger partial charge >= 0.3 is 0 Å². The number of amides is 1. The van der Waals surface area contributed by atoms with Crippen LogP contribution in [0.4, 0.5) is 0 Å². The Kier molecular flexibility index (Phi) is 5.07. The molecule has 5 nitrogen and oxygen atoms in total. The first-order valence-electron chi connectivity index (χ1n) is 10.0. The summed E-state index contributed by atoms with van der Waals surface area (Å²) in [5.74, 6) is -1.20. The van der Waals surface area contributed by atoms with Crippen LogP contribution in [-0.4, -0.2) is 27.7 Å². The molecule has 5 heteroatoms. The summed E-state index contributed by atoms with van der Waals surface area (Å²) >= 11 is 0. The number of ketones is 1.